The van der Waals surface area contributed by atoms with Gasteiger partial charge in [-0.1, -0.05) is 12.1 Å². The van der Waals surface area contributed by atoms with Crippen molar-refractivity contribution in [3.63, 3.8) is 0 Å². The number of rotatable bonds is 6. The molecule has 0 atom stereocenters. The number of anilines is 2. The molecule has 0 bridgehead atoms. The van der Waals surface area contributed by atoms with Crippen molar-refractivity contribution in [1.29, 1.82) is 0 Å². The highest BCUT2D eigenvalue weighted by molar-refractivity contribution is 7.18. The summed E-state index contributed by atoms with van der Waals surface area (Å²) in [4.78, 5) is 30.6. The van der Waals surface area contributed by atoms with Crippen molar-refractivity contribution < 1.29 is 14.3 Å². The first-order valence-electron chi connectivity index (χ1n) is 9.27. The van der Waals surface area contributed by atoms with Crippen molar-refractivity contribution >= 4 is 44.7 Å². The molecule has 2 aromatic carbocycles. The van der Waals surface area contributed by atoms with Crippen LogP contribution in [0.3, 0.4) is 0 Å². The number of amides is 2. The van der Waals surface area contributed by atoms with E-state index in [2.05, 4.69) is 10.3 Å². The van der Waals surface area contributed by atoms with Crippen LogP contribution in [-0.2, 0) is 16.0 Å². The SMILES string of the molecule is COc1cc(NC(=O)CCc2nc3ccccc3s2)ccc1N1CCCC1=O. The minimum Gasteiger partial charge on any atom is -0.494 e. The third-order valence-corrected chi connectivity index (χ3v) is 5.83. The molecule has 2 amide bonds. The molecular formula is C21H21N3O3S. The topological polar surface area (TPSA) is 71.5 Å². The number of hydrogen-bond acceptors (Lipinski definition) is 5. The smallest absolute Gasteiger partial charge is 0.227 e. The number of benzene rings is 2. The highest BCUT2D eigenvalue weighted by Gasteiger charge is 2.24. The van der Waals surface area contributed by atoms with E-state index < -0.39 is 0 Å². The Morgan fingerprint density at radius 3 is 2.89 bits per heavy atom. The van der Waals surface area contributed by atoms with Gasteiger partial charge in [0.25, 0.3) is 0 Å². The van der Waals surface area contributed by atoms with Gasteiger partial charge in [-0.25, -0.2) is 4.98 Å². The number of nitrogens with one attached hydrogen (secondary N) is 1. The average Bonchev–Trinajstić information content (AvgIpc) is 3.32. The van der Waals surface area contributed by atoms with E-state index in [1.807, 2.05) is 30.3 Å². The highest BCUT2D eigenvalue weighted by Crippen LogP contribution is 2.34. The molecule has 1 aromatic heterocycles. The Morgan fingerprint density at radius 1 is 1.29 bits per heavy atom. The number of ether oxygens (including phenoxy) is 1. The number of hydrogen-bond donors (Lipinski definition) is 1. The number of methoxy groups -OCH3 is 1. The minimum absolute atomic E-state index is 0.0775. The number of carbonyl (C=O) groups excluding carboxylic acids is 2. The van der Waals surface area contributed by atoms with Gasteiger partial charge in [-0.15, -0.1) is 11.3 Å². The van der Waals surface area contributed by atoms with E-state index in [0.29, 0.717) is 37.2 Å². The number of fused-ring (bicyclic) bond motifs is 1. The van der Waals surface area contributed by atoms with Crippen LogP contribution >= 0.6 is 11.3 Å². The van der Waals surface area contributed by atoms with Gasteiger partial charge in [0.05, 0.1) is 28.0 Å². The molecule has 4 rings (SSSR count). The second kappa shape index (κ2) is 7.98. The summed E-state index contributed by atoms with van der Waals surface area (Å²) in [7, 11) is 1.57. The molecule has 1 aliphatic rings. The maximum Gasteiger partial charge on any atom is 0.227 e. The van der Waals surface area contributed by atoms with Crippen LogP contribution in [0, 0.1) is 0 Å². The average molecular weight is 395 g/mol. The van der Waals surface area contributed by atoms with Crippen LogP contribution in [0.25, 0.3) is 10.2 Å². The summed E-state index contributed by atoms with van der Waals surface area (Å²) in [6.07, 6.45) is 2.37. The Morgan fingerprint density at radius 2 is 2.14 bits per heavy atom. The van der Waals surface area contributed by atoms with E-state index in [1.165, 1.54) is 0 Å². The lowest BCUT2D eigenvalue weighted by atomic mass is 10.2. The first kappa shape index (κ1) is 18.4. The molecule has 1 N–H and O–H groups in total. The van der Waals surface area contributed by atoms with Crippen LogP contribution in [0.2, 0.25) is 0 Å². The minimum atomic E-state index is -0.0775. The lowest BCUT2D eigenvalue weighted by molar-refractivity contribution is -0.117. The summed E-state index contributed by atoms with van der Waals surface area (Å²) in [5, 5.41) is 3.86. The molecule has 7 heteroatoms. The zero-order valence-electron chi connectivity index (χ0n) is 15.6. The Hall–Kier alpha value is -2.93. The Bertz CT molecular complexity index is 998. The molecule has 28 heavy (non-hydrogen) atoms. The molecule has 0 saturated carbocycles. The molecular weight excluding hydrogens is 374 g/mol. The normalized spacial score (nSPS) is 13.9. The van der Waals surface area contributed by atoms with Gasteiger partial charge in [-0.05, 0) is 30.7 Å². The molecule has 1 saturated heterocycles. The summed E-state index contributed by atoms with van der Waals surface area (Å²) in [6.45, 7) is 0.697. The first-order valence-corrected chi connectivity index (χ1v) is 10.1. The fourth-order valence-corrected chi connectivity index (χ4v) is 4.32. The number of nitrogens with zero attached hydrogens (tertiary/aromatic N) is 2. The summed E-state index contributed by atoms with van der Waals surface area (Å²) in [6, 6.07) is 13.4. The van der Waals surface area contributed by atoms with Crippen molar-refractivity contribution in [2.24, 2.45) is 0 Å². The van der Waals surface area contributed by atoms with Crippen molar-refractivity contribution in [3.8, 4) is 5.75 Å². The Kier molecular flexibility index (Phi) is 5.25. The van der Waals surface area contributed by atoms with Crippen LogP contribution in [-0.4, -0.2) is 30.5 Å². The Labute approximate surface area is 167 Å². The third kappa shape index (κ3) is 3.84. The van der Waals surface area contributed by atoms with Crippen LogP contribution in [0.5, 0.6) is 5.75 Å². The number of carbonyl (C=O) groups is 2. The van der Waals surface area contributed by atoms with Crippen LogP contribution in [0.1, 0.15) is 24.3 Å². The zero-order chi connectivity index (χ0) is 19.5. The van der Waals surface area contributed by atoms with Crippen LogP contribution in [0.15, 0.2) is 42.5 Å². The van der Waals surface area contributed by atoms with Gasteiger partial charge in [0.2, 0.25) is 11.8 Å². The van der Waals surface area contributed by atoms with E-state index in [1.54, 1.807) is 35.5 Å². The molecule has 1 fully saturated rings. The molecule has 144 valence electrons. The van der Waals surface area contributed by atoms with E-state index >= 15 is 0 Å². The van der Waals surface area contributed by atoms with Crippen LogP contribution < -0.4 is 15.0 Å². The molecule has 0 unspecified atom stereocenters. The molecule has 0 radical (unpaired) electrons. The van der Waals surface area contributed by atoms with Crippen molar-refractivity contribution in [2.75, 3.05) is 23.9 Å². The van der Waals surface area contributed by atoms with Gasteiger partial charge < -0.3 is 15.0 Å². The number of thiazole rings is 1. The summed E-state index contributed by atoms with van der Waals surface area (Å²) < 4.78 is 6.57. The maximum absolute atomic E-state index is 12.4. The van der Waals surface area contributed by atoms with Gasteiger partial charge in [0.15, 0.2) is 0 Å². The molecule has 0 aliphatic carbocycles. The van der Waals surface area contributed by atoms with Crippen molar-refractivity contribution in [2.45, 2.75) is 25.7 Å². The third-order valence-electron chi connectivity index (χ3n) is 4.73. The second-order valence-electron chi connectivity index (χ2n) is 6.66. The standard InChI is InChI=1S/C21H21N3O3S/c1-27-17-13-14(8-9-16(17)24-12-4-7-21(24)26)22-19(25)10-11-20-23-15-5-2-3-6-18(15)28-20/h2-3,5-6,8-9,13H,4,7,10-12H2,1H3,(H,22,25). The predicted molar refractivity (Wildman–Crippen MR) is 111 cm³/mol. The second-order valence-corrected chi connectivity index (χ2v) is 7.77. The summed E-state index contributed by atoms with van der Waals surface area (Å²) in [5.41, 5.74) is 2.37. The van der Waals surface area contributed by atoms with E-state index in [9.17, 15) is 9.59 Å². The van der Waals surface area contributed by atoms with E-state index in [-0.39, 0.29) is 11.8 Å². The monoisotopic (exact) mass is 395 g/mol. The molecule has 0 spiro atoms. The molecule has 2 heterocycles. The molecule has 3 aromatic rings. The maximum atomic E-state index is 12.4. The Balaban J connectivity index is 1.40. The van der Waals surface area contributed by atoms with Gasteiger partial charge in [0, 0.05) is 37.6 Å². The van der Waals surface area contributed by atoms with E-state index in [4.69, 9.17) is 4.74 Å². The number of aryl methyl sites for hydroxylation is 1. The number of para-hydroxylation sites is 1. The van der Waals surface area contributed by atoms with Gasteiger partial charge in [0.1, 0.15) is 5.75 Å². The highest BCUT2D eigenvalue weighted by atomic mass is 32.1. The van der Waals surface area contributed by atoms with Crippen LogP contribution in [0.4, 0.5) is 11.4 Å². The largest absolute Gasteiger partial charge is 0.494 e. The van der Waals surface area contributed by atoms with Crippen molar-refractivity contribution in [1.82, 2.24) is 4.98 Å². The van der Waals surface area contributed by atoms with Gasteiger partial charge in [-0.3, -0.25) is 9.59 Å². The van der Waals surface area contributed by atoms with Gasteiger partial charge in [-0.2, -0.15) is 0 Å². The zero-order valence-corrected chi connectivity index (χ0v) is 16.4. The van der Waals surface area contributed by atoms with Crippen molar-refractivity contribution in [3.05, 3.63) is 47.5 Å². The molecule has 1 aliphatic heterocycles. The summed E-state index contributed by atoms with van der Waals surface area (Å²) >= 11 is 1.62. The fraction of sp³-hybridized carbons (Fsp3) is 0.286. The predicted octanol–water partition coefficient (Wildman–Crippen LogP) is 4.00. The fourth-order valence-electron chi connectivity index (χ4n) is 3.35. The quantitative estimate of drug-likeness (QED) is 0.685. The number of aromatic nitrogens is 1. The summed E-state index contributed by atoms with van der Waals surface area (Å²) in [5.74, 6) is 0.608. The van der Waals surface area contributed by atoms with E-state index in [0.717, 1.165) is 27.3 Å². The first-order chi connectivity index (χ1) is 13.6. The lowest BCUT2D eigenvalue weighted by Crippen LogP contribution is -2.24. The molecule has 6 nitrogen and oxygen atoms in total. The lowest BCUT2D eigenvalue weighted by Gasteiger charge is -2.19. The van der Waals surface area contributed by atoms with Gasteiger partial charge >= 0.3 is 0 Å².